The molecule has 0 aromatic carbocycles. The van der Waals surface area contributed by atoms with Crippen LogP contribution in [-0.2, 0) is 4.74 Å². The monoisotopic (exact) mass is 281 g/mol. The van der Waals surface area contributed by atoms with Gasteiger partial charge in [-0.3, -0.25) is 5.01 Å². The minimum Gasteiger partial charge on any atom is -0.358 e. The number of nitrogens with zero attached hydrogens (tertiary/aromatic N) is 2. The van der Waals surface area contributed by atoms with Crippen LogP contribution in [0.1, 0.15) is 6.92 Å². The standard InChI is InChI=1S/C7H12IN3O/c1-5(2)10-7-6(8)12-4-3-11(7)9/h6H,1,3-4,9H2,2H3/b10-7-. The Hall–Kier alpha value is -0.140. The van der Waals surface area contributed by atoms with Crippen LogP contribution in [0.3, 0.4) is 0 Å². The predicted molar refractivity (Wildman–Crippen MR) is 56.9 cm³/mol. The first kappa shape index (κ1) is 9.94. The number of nitrogens with two attached hydrogens (primary N) is 1. The van der Waals surface area contributed by atoms with Crippen molar-refractivity contribution in [2.24, 2.45) is 10.8 Å². The molecule has 4 nitrogen and oxygen atoms in total. The van der Waals surface area contributed by atoms with E-state index in [1.165, 1.54) is 0 Å². The maximum atomic E-state index is 5.69. The first-order valence-electron chi connectivity index (χ1n) is 3.63. The van der Waals surface area contributed by atoms with Gasteiger partial charge in [-0.25, -0.2) is 10.8 Å². The van der Waals surface area contributed by atoms with Crippen molar-refractivity contribution in [3.05, 3.63) is 12.3 Å². The lowest BCUT2D eigenvalue weighted by molar-refractivity contribution is 0.106. The molecule has 0 spiro atoms. The summed E-state index contributed by atoms with van der Waals surface area (Å²) in [5.74, 6) is 6.44. The molecule has 1 saturated heterocycles. The molecule has 0 aromatic heterocycles. The van der Waals surface area contributed by atoms with Gasteiger partial charge in [0, 0.05) is 5.70 Å². The molecule has 5 heteroatoms. The zero-order valence-corrected chi connectivity index (χ0v) is 9.11. The van der Waals surface area contributed by atoms with Gasteiger partial charge in [0.25, 0.3) is 0 Å². The number of halogens is 1. The number of alkyl halides is 1. The van der Waals surface area contributed by atoms with E-state index in [2.05, 4.69) is 34.2 Å². The summed E-state index contributed by atoms with van der Waals surface area (Å²) in [6, 6.07) is 0. The molecule has 2 N–H and O–H groups in total. The quantitative estimate of drug-likeness (QED) is 0.441. The van der Waals surface area contributed by atoms with Gasteiger partial charge in [0.2, 0.25) is 0 Å². The second-order valence-corrected chi connectivity index (χ2v) is 3.72. The zero-order chi connectivity index (χ0) is 9.14. The SMILES string of the molecule is C=C(C)/N=C1/C(I)OCCN1N. The van der Waals surface area contributed by atoms with Crippen molar-refractivity contribution in [2.75, 3.05) is 13.2 Å². The maximum Gasteiger partial charge on any atom is 0.167 e. The Labute approximate surface area is 85.6 Å². The molecule has 1 heterocycles. The highest BCUT2D eigenvalue weighted by Gasteiger charge is 2.22. The fraction of sp³-hybridized carbons (Fsp3) is 0.571. The molecule has 0 bridgehead atoms. The third-order valence-corrected chi connectivity index (χ3v) is 2.32. The Balaban J connectivity index is 2.75. The summed E-state index contributed by atoms with van der Waals surface area (Å²) >= 11 is 2.15. The Morgan fingerprint density at radius 1 is 1.92 bits per heavy atom. The lowest BCUT2D eigenvalue weighted by Crippen LogP contribution is -2.49. The van der Waals surface area contributed by atoms with E-state index >= 15 is 0 Å². The third kappa shape index (κ3) is 2.43. The van der Waals surface area contributed by atoms with Gasteiger partial charge in [0.05, 0.1) is 13.2 Å². The molecule has 0 aromatic rings. The lowest BCUT2D eigenvalue weighted by atomic mass is 10.4. The lowest BCUT2D eigenvalue weighted by Gasteiger charge is -2.29. The van der Waals surface area contributed by atoms with E-state index in [9.17, 15) is 0 Å². The van der Waals surface area contributed by atoms with E-state index in [0.717, 1.165) is 11.5 Å². The van der Waals surface area contributed by atoms with E-state index in [4.69, 9.17) is 10.6 Å². The minimum atomic E-state index is -0.0574. The van der Waals surface area contributed by atoms with Gasteiger partial charge < -0.3 is 4.74 Å². The van der Waals surface area contributed by atoms with Gasteiger partial charge in [-0.05, 0) is 29.5 Å². The van der Waals surface area contributed by atoms with Crippen molar-refractivity contribution in [3.63, 3.8) is 0 Å². The van der Waals surface area contributed by atoms with E-state index in [1.807, 2.05) is 6.92 Å². The van der Waals surface area contributed by atoms with Crippen molar-refractivity contribution in [3.8, 4) is 0 Å². The Morgan fingerprint density at radius 3 is 3.08 bits per heavy atom. The summed E-state index contributed by atoms with van der Waals surface area (Å²) in [6.07, 6.45) is 0. The predicted octanol–water partition coefficient (Wildman–Crippen LogP) is 0.885. The van der Waals surface area contributed by atoms with Crippen molar-refractivity contribution in [1.82, 2.24) is 5.01 Å². The fourth-order valence-electron chi connectivity index (χ4n) is 0.885. The van der Waals surface area contributed by atoms with E-state index in [-0.39, 0.29) is 4.11 Å². The van der Waals surface area contributed by atoms with Crippen molar-refractivity contribution < 1.29 is 4.74 Å². The fourth-order valence-corrected chi connectivity index (χ4v) is 1.64. The average molecular weight is 281 g/mol. The van der Waals surface area contributed by atoms with Crippen LogP contribution in [0.25, 0.3) is 0 Å². The first-order valence-corrected chi connectivity index (χ1v) is 4.88. The highest BCUT2D eigenvalue weighted by molar-refractivity contribution is 14.1. The van der Waals surface area contributed by atoms with Gasteiger partial charge in [-0.15, -0.1) is 0 Å². The molecule has 1 fully saturated rings. The molecule has 0 amide bonds. The largest absolute Gasteiger partial charge is 0.358 e. The summed E-state index contributed by atoms with van der Waals surface area (Å²) in [5, 5.41) is 1.61. The molecule has 1 aliphatic rings. The van der Waals surface area contributed by atoms with Gasteiger partial charge in [-0.2, -0.15) is 0 Å². The molecule has 0 radical (unpaired) electrons. The molecule has 1 atom stereocenters. The van der Waals surface area contributed by atoms with Crippen LogP contribution in [0, 0.1) is 0 Å². The van der Waals surface area contributed by atoms with E-state index < -0.39 is 0 Å². The molecule has 12 heavy (non-hydrogen) atoms. The Bertz CT molecular complexity index is 205. The smallest absolute Gasteiger partial charge is 0.167 e. The van der Waals surface area contributed by atoms with Crippen LogP contribution in [0.2, 0.25) is 0 Å². The topological polar surface area (TPSA) is 50.8 Å². The van der Waals surface area contributed by atoms with E-state index in [0.29, 0.717) is 13.2 Å². The van der Waals surface area contributed by atoms with Crippen LogP contribution in [0.4, 0.5) is 0 Å². The van der Waals surface area contributed by atoms with Crippen LogP contribution < -0.4 is 5.84 Å². The number of hydrogen-bond acceptors (Lipinski definition) is 3. The normalized spacial score (nSPS) is 27.8. The van der Waals surface area contributed by atoms with Gasteiger partial charge in [0.1, 0.15) is 0 Å². The number of hydrazine groups is 1. The van der Waals surface area contributed by atoms with Crippen molar-refractivity contribution in [1.29, 1.82) is 0 Å². The number of allylic oxidation sites excluding steroid dienone is 1. The van der Waals surface area contributed by atoms with Crippen LogP contribution >= 0.6 is 22.6 Å². The Kier molecular flexibility index (Phi) is 3.48. The number of rotatable bonds is 1. The van der Waals surface area contributed by atoms with Crippen LogP contribution in [0.15, 0.2) is 17.3 Å². The van der Waals surface area contributed by atoms with Crippen molar-refractivity contribution >= 4 is 28.4 Å². The van der Waals surface area contributed by atoms with Gasteiger partial charge in [0.15, 0.2) is 9.95 Å². The molecule has 1 unspecified atom stereocenters. The Morgan fingerprint density at radius 2 is 2.58 bits per heavy atom. The minimum absolute atomic E-state index is 0.0574. The summed E-state index contributed by atoms with van der Waals surface area (Å²) in [6.45, 7) is 6.86. The molecular formula is C7H12IN3O. The molecule has 68 valence electrons. The average Bonchev–Trinajstić information content (AvgIpc) is 1.97. The number of morpholine rings is 1. The van der Waals surface area contributed by atoms with Crippen molar-refractivity contribution in [2.45, 2.75) is 11.0 Å². The van der Waals surface area contributed by atoms with E-state index in [1.54, 1.807) is 5.01 Å². The van der Waals surface area contributed by atoms with Gasteiger partial charge >= 0.3 is 0 Å². The number of ether oxygens (including phenoxy) is 1. The zero-order valence-electron chi connectivity index (χ0n) is 6.96. The van der Waals surface area contributed by atoms with Crippen LogP contribution in [0.5, 0.6) is 0 Å². The van der Waals surface area contributed by atoms with Gasteiger partial charge in [-0.1, -0.05) is 6.58 Å². The molecule has 1 rings (SSSR count). The summed E-state index contributed by atoms with van der Waals surface area (Å²) < 4.78 is 5.30. The number of hydrogen-bond donors (Lipinski definition) is 1. The molecule has 0 aliphatic carbocycles. The summed E-state index contributed by atoms with van der Waals surface area (Å²) in [7, 11) is 0. The molecule has 1 aliphatic heterocycles. The number of amidine groups is 1. The maximum absolute atomic E-state index is 5.69. The summed E-state index contributed by atoms with van der Waals surface area (Å²) in [5.41, 5.74) is 0.743. The highest BCUT2D eigenvalue weighted by atomic mass is 127. The highest BCUT2D eigenvalue weighted by Crippen LogP contribution is 2.13. The third-order valence-electron chi connectivity index (χ3n) is 1.40. The molecule has 0 saturated carbocycles. The summed E-state index contributed by atoms with van der Waals surface area (Å²) in [4.78, 5) is 4.19. The van der Waals surface area contributed by atoms with Crippen LogP contribution in [-0.4, -0.2) is 28.1 Å². The molecular weight excluding hydrogens is 269 g/mol. The second-order valence-electron chi connectivity index (χ2n) is 2.59. The first-order chi connectivity index (χ1) is 5.61. The number of aliphatic imine (C=N–C) groups is 1. The second kappa shape index (κ2) is 4.20.